The van der Waals surface area contributed by atoms with Crippen LogP contribution in [0.2, 0.25) is 0 Å². The Labute approximate surface area is 158 Å². The number of alkyl halides is 2. The number of sulfonamides is 1. The Morgan fingerprint density at radius 2 is 1.89 bits per heavy atom. The predicted octanol–water partition coefficient (Wildman–Crippen LogP) is 3.71. The normalized spacial score (nSPS) is 16.0. The van der Waals surface area contributed by atoms with Crippen LogP contribution in [0.3, 0.4) is 0 Å². The van der Waals surface area contributed by atoms with Gasteiger partial charge in [0.25, 0.3) is 16.4 Å². The van der Waals surface area contributed by atoms with Gasteiger partial charge in [0, 0.05) is 20.1 Å². The number of nitrogens with zero attached hydrogens (tertiary/aromatic N) is 3. The van der Waals surface area contributed by atoms with Crippen molar-refractivity contribution in [2.24, 2.45) is 7.05 Å². The number of aryl methyl sites for hydroxylation is 3. The minimum Gasteiger partial charge on any atom is -0.255 e. The minimum atomic E-state index is -4.05. The molecule has 0 atom stereocenters. The molecule has 0 spiro atoms. The van der Waals surface area contributed by atoms with Crippen molar-refractivity contribution in [3.8, 4) is 0 Å². The van der Waals surface area contributed by atoms with E-state index in [2.05, 4.69) is 24.2 Å². The summed E-state index contributed by atoms with van der Waals surface area (Å²) < 4.78 is 55.0. The zero-order valence-corrected chi connectivity index (χ0v) is 16.4. The van der Waals surface area contributed by atoms with Gasteiger partial charge in [0.05, 0.1) is 11.3 Å². The highest BCUT2D eigenvalue weighted by Crippen LogP contribution is 2.33. The lowest BCUT2D eigenvalue weighted by Gasteiger charge is -2.26. The van der Waals surface area contributed by atoms with Crippen LogP contribution < -0.4 is 0 Å². The summed E-state index contributed by atoms with van der Waals surface area (Å²) >= 11 is 0. The van der Waals surface area contributed by atoms with Gasteiger partial charge >= 0.3 is 0 Å². The second kappa shape index (κ2) is 7.52. The summed E-state index contributed by atoms with van der Waals surface area (Å²) in [5.41, 5.74) is 2.90. The molecule has 2 aromatic rings. The maximum atomic E-state index is 13.4. The Balaban J connectivity index is 1.87. The van der Waals surface area contributed by atoms with E-state index in [0.29, 0.717) is 6.42 Å². The Hall–Kier alpha value is -2.06. The Morgan fingerprint density at radius 3 is 2.41 bits per heavy atom. The van der Waals surface area contributed by atoms with Crippen molar-refractivity contribution < 1.29 is 17.2 Å². The number of rotatable bonds is 5. The lowest BCUT2D eigenvalue weighted by molar-refractivity contribution is 0.146. The highest BCUT2D eigenvalue weighted by Gasteiger charge is 2.35. The van der Waals surface area contributed by atoms with Crippen LogP contribution in [-0.2, 0) is 23.5 Å². The first kappa shape index (κ1) is 19.7. The van der Waals surface area contributed by atoms with E-state index in [1.54, 1.807) is 0 Å². The van der Waals surface area contributed by atoms with Crippen molar-refractivity contribution in [3.63, 3.8) is 0 Å². The highest BCUT2D eigenvalue weighted by atomic mass is 32.2. The van der Waals surface area contributed by atoms with Gasteiger partial charge in [0.2, 0.25) is 0 Å². The van der Waals surface area contributed by atoms with Gasteiger partial charge in [-0.05, 0) is 36.5 Å². The molecule has 1 aromatic carbocycles. The van der Waals surface area contributed by atoms with Crippen molar-refractivity contribution in [3.05, 3.63) is 52.7 Å². The zero-order valence-electron chi connectivity index (χ0n) is 15.6. The number of aromatic nitrogens is 2. The van der Waals surface area contributed by atoms with Crippen molar-refractivity contribution in [2.75, 3.05) is 13.1 Å². The summed E-state index contributed by atoms with van der Waals surface area (Å²) in [6, 6.07) is 8.20. The molecule has 0 amide bonds. The molecule has 8 heteroatoms. The van der Waals surface area contributed by atoms with E-state index >= 15 is 0 Å². The number of benzene rings is 1. The molecule has 1 aliphatic rings. The minimum absolute atomic E-state index is 0.0373. The van der Waals surface area contributed by atoms with Crippen LogP contribution in [0.15, 0.2) is 35.4 Å². The van der Waals surface area contributed by atoms with E-state index < -0.39 is 27.0 Å². The molecule has 0 N–H and O–H groups in total. The summed E-state index contributed by atoms with van der Waals surface area (Å²) in [6.07, 6.45) is 0.456. The van der Waals surface area contributed by atoms with E-state index in [9.17, 15) is 17.2 Å². The second-order valence-electron chi connectivity index (χ2n) is 6.62. The summed E-state index contributed by atoms with van der Waals surface area (Å²) in [5.74, 6) is 0. The highest BCUT2D eigenvalue weighted by molar-refractivity contribution is 7.89. The van der Waals surface area contributed by atoms with E-state index in [-0.39, 0.29) is 18.8 Å². The first-order valence-electron chi connectivity index (χ1n) is 8.85. The number of hydrogen-bond donors (Lipinski definition) is 0. The zero-order chi connectivity index (χ0) is 19.8. The summed E-state index contributed by atoms with van der Waals surface area (Å²) in [5, 5.41) is 3.47. The average molecular weight is 395 g/mol. The lowest BCUT2D eigenvalue weighted by atomic mass is 9.99. The molecule has 2 heterocycles. The molecule has 0 aliphatic carbocycles. The molecule has 1 aliphatic heterocycles. The summed E-state index contributed by atoms with van der Waals surface area (Å²) in [7, 11) is -2.67. The van der Waals surface area contributed by atoms with Crippen LogP contribution in [0, 0.1) is 6.92 Å². The van der Waals surface area contributed by atoms with Gasteiger partial charge in [-0.1, -0.05) is 37.3 Å². The third-order valence-corrected chi connectivity index (χ3v) is 6.91. The Morgan fingerprint density at radius 1 is 1.22 bits per heavy atom. The van der Waals surface area contributed by atoms with Gasteiger partial charge in [-0.2, -0.15) is 9.40 Å². The SMILES string of the molecule is CCc1ccc(C2=CCN(S(=O)(=O)c3c(C(F)F)c(C)nn3C)CC2)cc1. The monoisotopic (exact) mass is 395 g/mol. The van der Waals surface area contributed by atoms with Crippen LogP contribution in [0.25, 0.3) is 5.57 Å². The Kier molecular flexibility index (Phi) is 5.48. The van der Waals surface area contributed by atoms with Gasteiger partial charge in [0.1, 0.15) is 0 Å². The van der Waals surface area contributed by atoms with Crippen LogP contribution in [0.1, 0.15) is 42.2 Å². The van der Waals surface area contributed by atoms with Gasteiger partial charge in [-0.15, -0.1) is 0 Å². The average Bonchev–Trinajstić information content (AvgIpc) is 2.97. The third-order valence-electron chi connectivity index (χ3n) is 4.92. The molecule has 0 saturated heterocycles. The largest absolute Gasteiger partial charge is 0.268 e. The molecule has 27 heavy (non-hydrogen) atoms. The van der Waals surface area contributed by atoms with Gasteiger partial charge in [-0.3, -0.25) is 4.68 Å². The summed E-state index contributed by atoms with van der Waals surface area (Å²) in [4.78, 5) is 0. The number of hydrogen-bond acceptors (Lipinski definition) is 3. The van der Waals surface area contributed by atoms with E-state index in [0.717, 1.165) is 22.2 Å². The van der Waals surface area contributed by atoms with Gasteiger partial charge < -0.3 is 0 Å². The number of halogens is 2. The van der Waals surface area contributed by atoms with Crippen molar-refractivity contribution in [2.45, 2.75) is 38.1 Å². The topological polar surface area (TPSA) is 55.2 Å². The van der Waals surface area contributed by atoms with Crippen LogP contribution in [-0.4, -0.2) is 35.6 Å². The van der Waals surface area contributed by atoms with E-state index in [4.69, 9.17) is 0 Å². The molecule has 0 bridgehead atoms. The fraction of sp³-hybridized carbons (Fsp3) is 0.421. The molecule has 1 aromatic heterocycles. The lowest BCUT2D eigenvalue weighted by Crippen LogP contribution is -2.36. The van der Waals surface area contributed by atoms with Crippen molar-refractivity contribution in [1.82, 2.24) is 14.1 Å². The van der Waals surface area contributed by atoms with Crippen LogP contribution in [0.4, 0.5) is 8.78 Å². The maximum absolute atomic E-state index is 13.4. The first-order valence-corrected chi connectivity index (χ1v) is 10.3. The first-order chi connectivity index (χ1) is 12.8. The van der Waals surface area contributed by atoms with Gasteiger partial charge in [-0.25, -0.2) is 17.2 Å². The maximum Gasteiger partial charge on any atom is 0.268 e. The molecule has 0 fully saturated rings. The second-order valence-corrected chi connectivity index (χ2v) is 8.47. The predicted molar refractivity (Wildman–Crippen MR) is 100 cm³/mol. The quantitative estimate of drug-likeness (QED) is 0.776. The third kappa shape index (κ3) is 3.68. The molecular formula is C19H23F2N3O2S. The molecular weight excluding hydrogens is 372 g/mol. The summed E-state index contributed by atoms with van der Waals surface area (Å²) in [6.45, 7) is 3.89. The fourth-order valence-corrected chi connectivity index (χ4v) is 5.15. The molecule has 0 radical (unpaired) electrons. The standard InChI is InChI=1S/C19H23F2N3O2S/c1-4-14-5-7-15(8-6-14)16-9-11-24(12-10-16)27(25,26)19-17(18(20)21)13(2)22-23(19)3/h5-9,18H,4,10-12H2,1-3H3. The van der Waals surface area contributed by atoms with E-state index in [1.807, 2.05) is 18.2 Å². The van der Waals surface area contributed by atoms with E-state index in [1.165, 1.54) is 23.8 Å². The molecule has 5 nitrogen and oxygen atoms in total. The molecule has 146 valence electrons. The molecule has 3 rings (SSSR count). The van der Waals surface area contributed by atoms with Crippen LogP contribution >= 0.6 is 0 Å². The van der Waals surface area contributed by atoms with Crippen LogP contribution in [0.5, 0.6) is 0 Å². The van der Waals surface area contributed by atoms with Crippen molar-refractivity contribution in [1.29, 1.82) is 0 Å². The smallest absolute Gasteiger partial charge is 0.255 e. The fourth-order valence-electron chi connectivity index (χ4n) is 3.42. The molecule has 0 unspecified atom stereocenters. The molecule has 0 saturated carbocycles. The van der Waals surface area contributed by atoms with Gasteiger partial charge in [0.15, 0.2) is 5.03 Å². The Bertz CT molecular complexity index is 964. The van der Waals surface area contributed by atoms with Crippen molar-refractivity contribution >= 4 is 15.6 Å².